The molecule has 1 aliphatic rings. The number of benzene rings is 2. The zero-order valence-corrected chi connectivity index (χ0v) is 20.2. The van der Waals surface area contributed by atoms with Crippen molar-refractivity contribution in [1.29, 1.82) is 0 Å². The van der Waals surface area contributed by atoms with Crippen molar-refractivity contribution in [2.24, 2.45) is 0 Å². The van der Waals surface area contributed by atoms with Crippen LogP contribution in [0.15, 0.2) is 42.5 Å². The Morgan fingerprint density at radius 3 is 2.50 bits per heavy atom. The van der Waals surface area contributed by atoms with Crippen LogP contribution in [0.25, 0.3) is 11.0 Å². The number of nitrogens with zero attached hydrogens (tertiary/aromatic N) is 4. The maximum absolute atomic E-state index is 13.8. The summed E-state index contributed by atoms with van der Waals surface area (Å²) in [5.74, 6) is 1.05. The average Bonchev–Trinajstić information content (AvgIpc) is 3.16. The summed E-state index contributed by atoms with van der Waals surface area (Å²) in [4.78, 5) is 23.1. The maximum atomic E-state index is 13.8. The topological polar surface area (TPSA) is 41.4 Å². The molecule has 1 unspecified atom stereocenters. The van der Waals surface area contributed by atoms with E-state index in [1.165, 1.54) is 0 Å². The molecule has 32 heavy (non-hydrogen) atoms. The molecule has 5 nitrogen and oxygen atoms in total. The van der Waals surface area contributed by atoms with Gasteiger partial charge in [-0.25, -0.2) is 4.98 Å². The van der Waals surface area contributed by atoms with Crippen molar-refractivity contribution in [1.82, 2.24) is 19.4 Å². The summed E-state index contributed by atoms with van der Waals surface area (Å²) in [6.45, 7) is 8.74. The molecule has 1 fully saturated rings. The molecule has 0 aliphatic carbocycles. The largest absolute Gasteiger partial charge is 0.338 e. The molecule has 0 saturated carbocycles. The molecule has 0 radical (unpaired) electrons. The van der Waals surface area contributed by atoms with Gasteiger partial charge in [-0.3, -0.25) is 4.79 Å². The van der Waals surface area contributed by atoms with E-state index in [4.69, 9.17) is 28.2 Å². The van der Waals surface area contributed by atoms with Gasteiger partial charge >= 0.3 is 0 Å². The van der Waals surface area contributed by atoms with E-state index in [-0.39, 0.29) is 11.9 Å². The fraction of sp³-hybridized carbons (Fsp3) is 0.440. The molecule has 3 aromatic rings. The van der Waals surface area contributed by atoms with Gasteiger partial charge in [-0.1, -0.05) is 61.7 Å². The molecule has 0 bridgehead atoms. The van der Waals surface area contributed by atoms with E-state index in [0.717, 1.165) is 68.0 Å². The van der Waals surface area contributed by atoms with Gasteiger partial charge in [0.15, 0.2) is 0 Å². The summed E-state index contributed by atoms with van der Waals surface area (Å²) in [5.41, 5.74) is 2.84. The number of amides is 1. The van der Waals surface area contributed by atoms with Crippen LogP contribution in [0.2, 0.25) is 10.0 Å². The van der Waals surface area contributed by atoms with Crippen LogP contribution in [0, 0.1) is 0 Å². The second-order valence-corrected chi connectivity index (χ2v) is 9.21. The standard InChI is InChI=1S/C25H30Cl2N4O/c1-3-7-23(25(32)30-14-12-29(4-2)13-15-30)31-22-9-6-5-8-21(22)28-24(31)16-18-10-11-19(26)17-20(18)27/h5-6,8-11,17,23H,3-4,7,12-16H2,1-2H3. The minimum atomic E-state index is -0.276. The molecular weight excluding hydrogens is 443 g/mol. The molecule has 0 spiro atoms. The Morgan fingerprint density at radius 2 is 1.81 bits per heavy atom. The lowest BCUT2D eigenvalue weighted by Gasteiger charge is -2.36. The molecule has 4 rings (SSSR count). The highest BCUT2D eigenvalue weighted by Crippen LogP contribution is 2.30. The zero-order chi connectivity index (χ0) is 22.7. The predicted octanol–water partition coefficient (Wildman–Crippen LogP) is 5.44. The van der Waals surface area contributed by atoms with Gasteiger partial charge in [0.2, 0.25) is 5.91 Å². The van der Waals surface area contributed by atoms with Crippen molar-refractivity contribution in [3.63, 3.8) is 0 Å². The number of para-hydroxylation sites is 2. The van der Waals surface area contributed by atoms with Gasteiger partial charge in [0.25, 0.3) is 0 Å². The van der Waals surface area contributed by atoms with Crippen molar-refractivity contribution in [3.05, 3.63) is 63.9 Å². The number of aromatic nitrogens is 2. The summed E-state index contributed by atoms with van der Waals surface area (Å²) >= 11 is 12.6. The summed E-state index contributed by atoms with van der Waals surface area (Å²) in [7, 11) is 0. The smallest absolute Gasteiger partial charge is 0.245 e. The number of rotatable bonds is 7. The minimum Gasteiger partial charge on any atom is -0.338 e. The summed E-state index contributed by atoms with van der Waals surface area (Å²) in [6.07, 6.45) is 2.23. The van der Waals surface area contributed by atoms with E-state index >= 15 is 0 Å². The molecule has 170 valence electrons. The van der Waals surface area contributed by atoms with Crippen molar-refractivity contribution in [3.8, 4) is 0 Å². The van der Waals surface area contributed by atoms with Gasteiger partial charge in [-0.2, -0.15) is 0 Å². The normalized spacial score (nSPS) is 15.9. The Morgan fingerprint density at radius 1 is 1.06 bits per heavy atom. The second kappa shape index (κ2) is 10.2. The van der Waals surface area contributed by atoms with Gasteiger partial charge in [0.1, 0.15) is 11.9 Å². The van der Waals surface area contributed by atoms with Crippen molar-refractivity contribution < 1.29 is 4.79 Å². The number of fused-ring (bicyclic) bond motifs is 1. The number of hydrogen-bond acceptors (Lipinski definition) is 3. The van der Waals surface area contributed by atoms with Crippen molar-refractivity contribution in [2.75, 3.05) is 32.7 Å². The van der Waals surface area contributed by atoms with Crippen molar-refractivity contribution in [2.45, 2.75) is 39.2 Å². The lowest BCUT2D eigenvalue weighted by atomic mass is 10.1. The third-order valence-electron chi connectivity index (χ3n) is 6.32. The molecule has 0 N–H and O–H groups in total. The fourth-order valence-electron chi connectivity index (χ4n) is 4.53. The molecule has 1 saturated heterocycles. The van der Waals surface area contributed by atoms with Crippen LogP contribution in [0.5, 0.6) is 0 Å². The number of piperazine rings is 1. The first kappa shape index (κ1) is 23.1. The third-order valence-corrected chi connectivity index (χ3v) is 6.91. The third kappa shape index (κ3) is 4.80. The van der Waals surface area contributed by atoms with Gasteiger partial charge in [0.05, 0.1) is 11.0 Å². The molecule has 7 heteroatoms. The van der Waals surface area contributed by atoms with Gasteiger partial charge in [-0.05, 0) is 42.8 Å². The van der Waals surface area contributed by atoms with Crippen LogP contribution in [0.4, 0.5) is 0 Å². The van der Waals surface area contributed by atoms with E-state index in [1.54, 1.807) is 6.07 Å². The molecule has 1 amide bonds. The van der Waals surface area contributed by atoms with Crippen LogP contribution in [-0.2, 0) is 11.2 Å². The lowest BCUT2D eigenvalue weighted by Crippen LogP contribution is -2.50. The first-order valence-corrected chi connectivity index (χ1v) is 12.2. The lowest BCUT2D eigenvalue weighted by molar-refractivity contribution is -0.136. The minimum absolute atomic E-state index is 0.189. The second-order valence-electron chi connectivity index (χ2n) is 8.36. The fourth-order valence-corrected chi connectivity index (χ4v) is 5.01. The van der Waals surface area contributed by atoms with Crippen LogP contribution in [0.3, 0.4) is 0 Å². The first-order chi connectivity index (χ1) is 15.5. The Hall–Kier alpha value is -2.08. The number of likely N-dealkylation sites (N-methyl/N-ethyl adjacent to an activating group) is 1. The molecule has 2 heterocycles. The number of carbonyl (C=O) groups is 1. The molecular formula is C25H30Cl2N4O. The van der Waals surface area contributed by atoms with Crippen molar-refractivity contribution >= 4 is 40.1 Å². The van der Waals surface area contributed by atoms with Crippen LogP contribution in [0.1, 0.15) is 44.1 Å². The van der Waals surface area contributed by atoms with E-state index in [1.807, 2.05) is 35.2 Å². The van der Waals surface area contributed by atoms with Crippen LogP contribution < -0.4 is 0 Å². The highest BCUT2D eigenvalue weighted by Gasteiger charge is 2.30. The maximum Gasteiger partial charge on any atom is 0.245 e. The van der Waals surface area contributed by atoms with Crippen LogP contribution >= 0.6 is 23.2 Å². The molecule has 2 aromatic carbocycles. The number of imidazole rings is 1. The quantitative estimate of drug-likeness (QED) is 0.459. The Balaban J connectivity index is 1.72. The highest BCUT2D eigenvalue weighted by atomic mass is 35.5. The SMILES string of the molecule is CCCC(C(=O)N1CCN(CC)CC1)n1c(Cc2ccc(Cl)cc2Cl)nc2ccccc21. The van der Waals surface area contributed by atoms with E-state index < -0.39 is 0 Å². The number of carbonyl (C=O) groups excluding carboxylic acids is 1. The first-order valence-electron chi connectivity index (χ1n) is 11.4. The Labute approximate surface area is 199 Å². The number of halogens is 2. The van der Waals surface area contributed by atoms with E-state index in [0.29, 0.717) is 16.5 Å². The van der Waals surface area contributed by atoms with Crippen LogP contribution in [-0.4, -0.2) is 58.0 Å². The summed E-state index contributed by atoms with van der Waals surface area (Å²) < 4.78 is 2.15. The molecule has 1 aromatic heterocycles. The van der Waals surface area contributed by atoms with Gasteiger partial charge < -0.3 is 14.4 Å². The average molecular weight is 473 g/mol. The van der Waals surface area contributed by atoms with E-state index in [9.17, 15) is 4.79 Å². The summed E-state index contributed by atoms with van der Waals surface area (Å²) in [5, 5.41) is 1.22. The Kier molecular flexibility index (Phi) is 7.39. The van der Waals surface area contributed by atoms with Gasteiger partial charge in [-0.15, -0.1) is 0 Å². The number of hydrogen-bond donors (Lipinski definition) is 0. The van der Waals surface area contributed by atoms with Gasteiger partial charge in [0, 0.05) is 42.6 Å². The predicted molar refractivity (Wildman–Crippen MR) is 132 cm³/mol. The monoisotopic (exact) mass is 472 g/mol. The highest BCUT2D eigenvalue weighted by molar-refractivity contribution is 6.35. The zero-order valence-electron chi connectivity index (χ0n) is 18.7. The summed E-state index contributed by atoms with van der Waals surface area (Å²) in [6, 6.07) is 13.3. The Bertz CT molecular complexity index is 1090. The molecule has 1 aliphatic heterocycles. The molecule has 1 atom stereocenters. The van der Waals surface area contributed by atoms with E-state index in [2.05, 4.69) is 29.4 Å².